The second kappa shape index (κ2) is 31.4. The molecule has 0 radical (unpaired) electrons. The number of carboxylic acid groups (broad SMARTS) is 2. The van der Waals surface area contributed by atoms with Crippen LogP contribution in [0.25, 0.3) is 0 Å². The first-order valence-corrected chi connectivity index (χ1v) is 10.0. The number of aliphatic hydroxyl groups excluding tert-OH is 1. The maximum atomic E-state index is 10.2. The number of carbonyl (C=O) groups excluding carboxylic acids is 2. The number of rotatable bonds is 17. The van der Waals surface area contributed by atoms with Gasteiger partial charge in [-0.2, -0.15) is 0 Å². The third-order valence-corrected chi connectivity index (χ3v) is 4.11. The summed E-state index contributed by atoms with van der Waals surface area (Å²) in [6.45, 7) is 1.38. The maximum absolute atomic E-state index is 10.2. The van der Waals surface area contributed by atoms with Gasteiger partial charge in [0.15, 0.2) is 0 Å². The molecule has 0 aliphatic heterocycles. The zero-order valence-corrected chi connectivity index (χ0v) is 21.2. The molecule has 0 fully saturated rings. The number of unbranched alkanes of at least 4 members (excludes halogenated alkanes) is 14. The number of aliphatic hydroxyl groups is 1. The van der Waals surface area contributed by atoms with Gasteiger partial charge >= 0.3 is 52.6 Å². The molecule has 0 aromatic heterocycles. The number of hydrogen-bond donors (Lipinski definition) is 1. The maximum Gasteiger partial charge on any atom is 2.00 e. The number of carboxylic acids is 2. The van der Waals surface area contributed by atoms with Gasteiger partial charge in [-0.25, -0.2) is 0 Å². The van der Waals surface area contributed by atoms with E-state index in [0.29, 0.717) is 0 Å². The van der Waals surface area contributed by atoms with Crippen LogP contribution in [0.4, 0.5) is 0 Å². The average Bonchev–Trinajstić information content (AvgIpc) is 2.58. The van der Waals surface area contributed by atoms with E-state index < -0.39 is 18.5 Å². The molecule has 1 N–H and O–H groups in total. The molecule has 27 heavy (non-hydrogen) atoms. The molecule has 0 aromatic carbocycles. The van der Waals surface area contributed by atoms with Gasteiger partial charge in [0.05, 0.1) is 12.6 Å². The van der Waals surface area contributed by atoms with E-state index in [-0.39, 0.29) is 59.0 Å². The van der Waals surface area contributed by atoms with Crippen LogP contribution in [0.2, 0.25) is 0 Å². The Morgan fingerprint density at radius 2 is 0.889 bits per heavy atom. The van der Waals surface area contributed by atoms with E-state index in [0.717, 1.165) is 12.8 Å². The summed E-state index contributed by atoms with van der Waals surface area (Å²) < 4.78 is 0. The smallest absolute Gasteiger partial charge is 0.550 e. The molecule has 0 aromatic rings. The Morgan fingerprint density at radius 1 is 0.630 bits per heavy atom. The SMILES string of the molecule is CCCCCCCCCCCCCCCCCC(=O)[O-].O=C([O-])CO.[Mg+2].[Na+]. The summed E-state index contributed by atoms with van der Waals surface area (Å²) in [5.74, 6) is -2.34. The predicted octanol–water partition coefficient (Wildman–Crippen LogP) is -0.650. The van der Waals surface area contributed by atoms with Crippen LogP contribution < -0.4 is 39.8 Å². The molecule has 5 nitrogen and oxygen atoms in total. The molecule has 0 spiro atoms. The fourth-order valence-electron chi connectivity index (χ4n) is 2.64. The average molecular weight is 406 g/mol. The molecule has 0 bridgehead atoms. The van der Waals surface area contributed by atoms with Gasteiger partial charge in [0.1, 0.15) is 0 Å². The van der Waals surface area contributed by atoms with Crippen LogP contribution in [0.15, 0.2) is 0 Å². The van der Waals surface area contributed by atoms with Crippen LogP contribution in [-0.4, -0.2) is 46.7 Å². The summed E-state index contributed by atoms with van der Waals surface area (Å²) in [7, 11) is 0. The molecule has 0 amide bonds. The van der Waals surface area contributed by atoms with Crippen LogP contribution in [0.3, 0.4) is 0 Å². The minimum absolute atomic E-state index is 0. The fraction of sp³-hybridized carbons (Fsp3) is 0.900. The zero-order chi connectivity index (χ0) is 19.2. The summed E-state index contributed by atoms with van der Waals surface area (Å²) in [5.41, 5.74) is 0. The van der Waals surface area contributed by atoms with Gasteiger partial charge < -0.3 is 24.9 Å². The normalized spacial score (nSPS) is 9.41. The quantitative estimate of drug-likeness (QED) is 0.256. The van der Waals surface area contributed by atoms with Crippen LogP contribution in [0.5, 0.6) is 0 Å². The van der Waals surface area contributed by atoms with Gasteiger partial charge in [0.2, 0.25) is 0 Å². The van der Waals surface area contributed by atoms with Crippen molar-refractivity contribution in [3.05, 3.63) is 0 Å². The van der Waals surface area contributed by atoms with Crippen LogP contribution in [-0.2, 0) is 9.59 Å². The van der Waals surface area contributed by atoms with E-state index in [4.69, 9.17) is 15.0 Å². The van der Waals surface area contributed by atoms with Crippen LogP contribution in [0, 0.1) is 0 Å². The van der Waals surface area contributed by atoms with E-state index in [1.165, 1.54) is 83.5 Å². The summed E-state index contributed by atoms with van der Waals surface area (Å²) >= 11 is 0. The van der Waals surface area contributed by atoms with Gasteiger partial charge in [-0.3, -0.25) is 0 Å². The van der Waals surface area contributed by atoms with Crippen molar-refractivity contribution in [3.63, 3.8) is 0 Å². The number of hydrogen-bond acceptors (Lipinski definition) is 5. The Kier molecular flexibility index (Phi) is 40.8. The van der Waals surface area contributed by atoms with Gasteiger partial charge in [0, 0.05) is 5.97 Å². The van der Waals surface area contributed by atoms with Crippen molar-refractivity contribution in [1.82, 2.24) is 0 Å². The van der Waals surface area contributed by atoms with E-state index in [1.54, 1.807) is 0 Å². The first-order chi connectivity index (χ1) is 12.0. The van der Waals surface area contributed by atoms with Crippen molar-refractivity contribution >= 4 is 35.0 Å². The van der Waals surface area contributed by atoms with E-state index in [2.05, 4.69) is 6.92 Å². The van der Waals surface area contributed by atoms with E-state index in [1.807, 2.05) is 0 Å². The van der Waals surface area contributed by atoms with Gasteiger partial charge in [-0.05, 0) is 12.8 Å². The predicted molar refractivity (Wildman–Crippen MR) is 102 cm³/mol. The molecule has 0 rings (SSSR count). The summed E-state index contributed by atoms with van der Waals surface area (Å²) in [6.07, 6.45) is 19.9. The first-order valence-electron chi connectivity index (χ1n) is 10.0. The molecular weight excluding hydrogens is 368 g/mol. The van der Waals surface area contributed by atoms with Crippen molar-refractivity contribution < 1.29 is 54.5 Å². The zero-order valence-electron chi connectivity index (χ0n) is 17.8. The van der Waals surface area contributed by atoms with Crippen molar-refractivity contribution in [2.75, 3.05) is 6.61 Å². The summed E-state index contributed by atoms with van der Waals surface area (Å²) in [6, 6.07) is 0. The third-order valence-electron chi connectivity index (χ3n) is 4.11. The molecule has 150 valence electrons. The Labute approximate surface area is 204 Å². The van der Waals surface area contributed by atoms with Crippen molar-refractivity contribution in [1.29, 1.82) is 0 Å². The minimum atomic E-state index is -1.44. The molecule has 0 saturated carbocycles. The molecular formula is C20H38MgNaO5+. The Hall–Kier alpha value is 0.666. The number of carbonyl (C=O) groups is 2. The number of aliphatic carboxylic acids is 2. The Balaban J connectivity index is -0.000000333. The second-order valence-electron chi connectivity index (χ2n) is 6.60. The van der Waals surface area contributed by atoms with Crippen molar-refractivity contribution in [2.45, 2.75) is 110 Å². The molecule has 7 heteroatoms. The fourth-order valence-corrected chi connectivity index (χ4v) is 2.64. The van der Waals surface area contributed by atoms with E-state index in [9.17, 15) is 9.90 Å². The Bertz CT molecular complexity index is 304. The molecule has 0 saturated heterocycles. The molecule has 0 heterocycles. The topological polar surface area (TPSA) is 100 Å². The van der Waals surface area contributed by atoms with Crippen molar-refractivity contribution in [2.24, 2.45) is 0 Å². The molecule has 0 unspecified atom stereocenters. The van der Waals surface area contributed by atoms with Gasteiger partial charge in [0.25, 0.3) is 0 Å². The van der Waals surface area contributed by atoms with Gasteiger partial charge in [-0.15, -0.1) is 0 Å². The first kappa shape index (κ1) is 35.1. The monoisotopic (exact) mass is 405 g/mol. The van der Waals surface area contributed by atoms with Crippen LogP contribution in [0.1, 0.15) is 110 Å². The van der Waals surface area contributed by atoms with E-state index >= 15 is 0 Å². The largest absolute Gasteiger partial charge is 2.00 e. The Morgan fingerprint density at radius 3 is 1.11 bits per heavy atom. The molecule has 0 aliphatic carbocycles. The van der Waals surface area contributed by atoms with Crippen LogP contribution >= 0.6 is 0 Å². The third kappa shape index (κ3) is 41.9. The summed E-state index contributed by atoms with van der Waals surface area (Å²) in [5, 5.41) is 26.7. The van der Waals surface area contributed by atoms with Gasteiger partial charge in [-0.1, -0.05) is 96.8 Å². The van der Waals surface area contributed by atoms with Crippen molar-refractivity contribution in [3.8, 4) is 0 Å². The second-order valence-corrected chi connectivity index (χ2v) is 6.60. The molecule has 0 aliphatic rings. The summed E-state index contributed by atoms with van der Waals surface area (Å²) in [4.78, 5) is 19.2. The standard InChI is InChI=1S/C18H36O2.C2H4O3.Mg.Na/c1-2-3-4-5-6-7-8-9-10-11-12-13-14-15-16-17-18(19)20;3-1-2(4)5;;/h2-17H2,1H3,(H,19,20);3H,1H2,(H,4,5);;/q;;+2;+1/p-2. The molecule has 0 atom stereocenters. The minimum Gasteiger partial charge on any atom is -0.550 e.